The number of hydrogen-bond acceptors (Lipinski definition) is 6. The monoisotopic (exact) mass is 387 g/mol. The normalized spacial score (nSPS) is 10.3. The highest BCUT2D eigenvalue weighted by Crippen LogP contribution is 2.22. The molecule has 7 heteroatoms. The molecule has 27 heavy (non-hydrogen) atoms. The van der Waals surface area contributed by atoms with Crippen molar-refractivity contribution in [3.63, 3.8) is 0 Å². The molecule has 0 aliphatic carbocycles. The van der Waals surface area contributed by atoms with Crippen LogP contribution in [0.15, 0.2) is 30.3 Å². The Morgan fingerprint density at radius 2 is 1.70 bits per heavy atom. The van der Waals surface area contributed by atoms with Gasteiger partial charge in [0, 0.05) is 33.0 Å². The number of carbonyl (C=O) groups is 4. The summed E-state index contributed by atoms with van der Waals surface area (Å²) in [6.45, 7) is 4.82. The van der Waals surface area contributed by atoms with E-state index in [1.54, 1.807) is 35.6 Å². The fourth-order valence-electron chi connectivity index (χ4n) is 2.46. The molecule has 0 atom stereocenters. The van der Waals surface area contributed by atoms with Crippen LogP contribution >= 0.6 is 11.3 Å². The van der Waals surface area contributed by atoms with E-state index in [0.717, 1.165) is 9.75 Å². The van der Waals surface area contributed by atoms with Crippen LogP contribution in [0.4, 0.5) is 5.69 Å². The minimum absolute atomic E-state index is 0.0456. The van der Waals surface area contributed by atoms with Crippen molar-refractivity contribution in [1.82, 2.24) is 0 Å². The summed E-state index contributed by atoms with van der Waals surface area (Å²) in [6, 6.07) is 8.21. The zero-order valence-electron chi connectivity index (χ0n) is 15.5. The topological polar surface area (TPSA) is 89.5 Å². The Labute approximate surface area is 161 Å². The van der Waals surface area contributed by atoms with Gasteiger partial charge in [-0.15, -0.1) is 11.3 Å². The minimum Gasteiger partial charge on any atom is -0.456 e. The molecule has 1 heterocycles. The molecule has 0 bridgehead atoms. The van der Waals surface area contributed by atoms with E-state index in [-0.39, 0.29) is 24.4 Å². The van der Waals surface area contributed by atoms with Gasteiger partial charge in [-0.2, -0.15) is 0 Å². The molecular weight excluding hydrogens is 366 g/mol. The Bertz CT molecular complexity index is 867. The highest BCUT2D eigenvalue weighted by Gasteiger charge is 2.15. The maximum Gasteiger partial charge on any atom is 0.306 e. The Balaban J connectivity index is 1.74. The summed E-state index contributed by atoms with van der Waals surface area (Å²) in [7, 11) is 0. The van der Waals surface area contributed by atoms with Crippen molar-refractivity contribution in [2.24, 2.45) is 0 Å². The number of amides is 1. The molecule has 0 aliphatic heterocycles. The first kappa shape index (κ1) is 20.5. The third kappa shape index (κ3) is 6.14. The summed E-state index contributed by atoms with van der Waals surface area (Å²) in [5.41, 5.74) is 1.68. The summed E-state index contributed by atoms with van der Waals surface area (Å²) < 4.78 is 4.90. The summed E-state index contributed by atoms with van der Waals surface area (Å²) in [5, 5.41) is 2.57. The van der Waals surface area contributed by atoms with Crippen LogP contribution in [-0.2, 0) is 14.3 Å². The van der Waals surface area contributed by atoms with E-state index < -0.39 is 18.5 Å². The van der Waals surface area contributed by atoms with E-state index in [2.05, 4.69) is 5.32 Å². The van der Waals surface area contributed by atoms with E-state index in [9.17, 15) is 19.2 Å². The van der Waals surface area contributed by atoms with Crippen molar-refractivity contribution in [3.05, 3.63) is 51.2 Å². The molecule has 2 rings (SSSR count). The standard InChI is InChI=1S/C20H21NO5S/c1-12-10-17(14(3)27-12)18(23)8-9-20(25)26-11-19(24)21-16-6-4-15(5-7-16)13(2)22/h4-7,10H,8-9,11H2,1-3H3,(H,21,24). The van der Waals surface area contributed by atoms with Crippen LogP contribution in [-0.4, -0.2) is 30.0 Å². The maximum absolute atomic E-state index is 12.1. The molecule has 6 nitrogen and oxygen atoms in total. The van der Waals surface area contributed by atoms with Crippen molar-refractivity contribution in [2.75, 3.05) is 11.9 Å². The van der Waals surface area contributed by atoms with Gasteiger partial charge in [0.15, 0.2) is 18.2 Å². The number of thiophene rings is 1. The maximum atomic E-state index is 12.1. The summed E-state index contributed by atoms with van der Waals surface area (Å²) in [5.74, 6) is -1.27. The fourth-order valence-corrected chi connectivity index (χ4v) is 3.40. The molecule has 2 aromatic rings. The average molecular weight is 387 g/mol. The van der Waals surface area contributed by atoms with Crippen LogP contribution < -0.4 is 5.32 Å². The van der Waals surface area contributed by atoms with Gasteiger partial charge >= 0.3 is 5.97 Å². The van der Waals surface area contributed by atoms with E-state index >= 15 is 0 Å². The quantitative estimate of drug-likeness (QED) is 0.551. The van der Waals surface area contributed by atoms with Crippen LogP contribution in [0.1, 0.15) is 50.2 Å². The lowest BCUT2D eigenvalue weighted by Crippen LogP contribution is -2.21. The SMILES string of the molecule is CC(=O)c1ccc(NC(=O)COC(=O)CCC(=O)c2cc(C)sc2C)cc1. The predicted molar refractivity (Wildman–Crippen MR) is 103 cm³/mol. The van der Waals surface area contributed by atoms with Crippen molar-refractivity contribution in [3.8, 4) is 0 Å². The van der Waals surface area contributed by atoms with E-state index in [0.29, 0.717) is 16.8 Å². The Morgan fingerprint density at radius 1 is 1.04 bits per heavy atom. The first-order chi connectivity index (χ1) is 12.8. The molecule has 0 aliphatic rings. The number of rotatable bonds is 8. The zero-order chi connectivity index (χ0) is 20.0. The van der Waals surface area contributed by atoms with E-state index in [4.69, 9.17) is 4.74 Å². The lowest BCUT2D eigenvalue weighted by molar-refractivity contribution is -0.147. The number of ketones is 2. The summed E-state index contributed by atoms with van der Waals surface area (Å²) >= 11 is 1.54. The molecule has 142 valence electrons. The van der Waals surface area contributed by atoms with Crippen molar-refractivity contribution in [1.29, 1.82) is 0 Å². The molecule has 0 saturated heterocycles. The predicted octanol–water partition coefficient (Wildman–Crippen LogP) is 3.71. The van der Waals surface area contributed by atoms with Crippen LogP contribution in [0.5, 0.6) is 0 Å². The molecule has 0 unspecified atom stereocenters. The lowest BCUT2D eigenvalue weighted by Gasteiger charge is -2.07. The minimum atomic E-state index is -0.602. The molecule has 1 N–H and O–H groups in total. The number of esters is 1. The van der Waals surface area contributed by atoms with Gasteiger partial charge in [-0.1, -0.05) is 0 Å². The van der Waals surface area contributed by atoms with Crippen LogP contribution in [0.2, 0.25) is 0 Å². The van der Waals surface area contributed by atoms with Crippen LogP contribution in [0.25, 0.3) is 0 Å². The van der Waals surface area contributed by atoms with Gasteiger partial charge in [0.05, 0.1) is 6.42 Å². The summed E-state index contributed by atoms with van der Waals surface area (Å²) in [6.07, 6.45) is -0.0300. The van der Waals surface area contributed by atoms with Gasteiger partial charge in [0.1, 0.15) is 0 Å². The van der Waals surface area contributed by atoms with Crippen molar-refractivity contribution < 1.29 is 23.9 Å². The van der Waals surface area contributed by atoms with Crippen LogP contribution in [0.3, 0.4) is 0 Å². The molecule has 0 fully saturated rings. The smallest absolute Gasteiger partial charge is 0.306 e. The number of aryl methyl sites for hydroxylation is 2. The van der Waals surface area contributed by atoms with E-state index in [1.807, 2.05) is 19.9 Å². The number of anilines is 1. The van der Waals surface area contributed by atoms with Gasteiger partial charge in [-0.25, -0.2) is 0 Å². The van der Waals surface area contributed by atoms with Gasteiger partial charge in [-0.05, 0) is 51.1 Å². The average Bonchev–Trinajstić information content (AvgIpc) is 2.96. The summed E-state index contributed by atoms with van der Waals surface area (Å²) in [4.78, 5) is 48.9. The van der Waals surface area contributed by atoms with Gasteiger partial charge in [0.2, 0.25) is 0 Å². The Hall–Kier alpha value is -2.80. The number of ether oxygens (including phenoxy) is 1. The second-order valence-electron chi connectivity index (χ2n) is 6.09. The number of hydrogen-bond donors (Lipinski definition) is 1. The Kier molecular flexibility index (Phi) is 7.01. The zero-order valence-corrected chi connectivity index (χ0v) is 16.3. The van der Waals surface area contributed by atoms with Crippen molar-refractivity contribution >= 4 is 40.5 Å². The number of carbonyl (C=O) groups excluding carboxylic acids is 4. The fraction of sp³-hybridized carbons (Fsp3) is 0.300. The molecule has 0 saturated carbocycles. The third-order valence-corrected chi connectivity index (χ3v) is 4.80. The molecule has 0 spiro atoms. The number of Topliss-reactive ketones (excluding diaryl/α,β-unsaturated/α-hetero) is 2. The first-order valence-electron chi connectivity index (χ1n) is 8.43. The second-order valence-corrected chi connectivity index (χ2v) is 7.55. The Morgan fingerprint density at radius 3 is 2.26 bits per heavy atom. The largest absolute Gasteiger partial charge is 0.456 e. The highest BCUT2D eigenvalue weighted by molar-refractivity contribution is 7.12. The lowest BCUT2D eigenvalue weighted by atomic mass is 10.1. The number of nitrogens with one attached hydrogen (secondary N) is 1. The van der Waals surface area contributed by atoms with Crippen LogP contribution in [0, 0.1) is 13.8 Å². The highest BCUT2D eigenvalue weighted by atomic mass is 32.1. The van der Waals surface area contributed by atoms with Gasteiger partial charge in [0.25, 0.3) is 5.91 Å². The second kappa shape index (κ2) is 9.23. The molecule has 0 radical (unpaired) electrons. The van der Waals surface area contributed by atoms with Gasteiger partial charge in [-0.3, -0.25) is 19.2 Å². The first-order valence-corrected chi connectivity index (χ1v) is 9.24. The van der Waals surface area contributed by atoms with E-state index in [1.165, 1.54) is 6.92 Å². The third-order valence-electron chi connectivity index (χ3n) is 3.84. The van der Waals surface area contributed by atoms with Crippen molar-refractivity contribution in [2.45, 2.75) is 33.6 Å². The molecule has 1 amide bonds. The molecule has 1 aromatic carbocycles. The number of benzene rings is 1. The van der Waals surface area contributed by atoms with Gasteiger partial charge < -0.3 is 10.1 Å². The molecule has 1 aromatic heterocycles. The molecular formula is C20H21NO5S.